The lowest BCUT2D eigenvalue weighted by Gasteiger charge is -2.37. The molecule has 0 aliphatic carbocycles. The molecule has 2 aromatic rings. The van der Waals surface area contributed by atoms with E-state index in [2.05, 4.69) is 25.1 Å². The molecule has 0 radical (unpaired) electrons. The Morgan fingerprint density at radius 1 is 1.29 bits per heavy atom. The predicted molar refractivity (Wildman–Crippen MR) is 123 cm³/mol. The fourth-order valence-corrected chi connectivity index (χ4v) is 4.01. The lowest BCUT2D eigenvalue weighted by Crippen LogP contribution is -2.53. The van der Waals surface area contributed by atoms with Gasteiger partial charge in [0.1, 0.15) is 5.65 Å². The van der Waals surface area contributed by atoms with Crippen molar-refractivity contribution in [3.8, 4) is 0 Å². The van der Waals surface area contributed by atoms with Gasteiger partial charge >= 0.3 is 0 Å². The number of hydrogen-bond acceptors (Lipinski definition) is 4. The molecule has 2 aliphatic rings. The first-order valence-electron chi connectivity index (χ1n) is 9.60. The van der Waals surface area contributed by atoms with E-state index in [9.17, 15) is 0 Å². The maximum Gasteiger partial charge on any atom is 0.194 e. The zero-order valence-electron chi connectivity index (χ0n) is 16.2. The van der Waals surface area contributed by atoms with E-state index in [1.807, 2.05) is 36.0 Å². The Bertz CT molecular complexity index is 799. The summed E-state index contributed by atoms with van der Waals surface area (Å²) in [5.74, 6) is 1.64. The third kappa shape index (κ3) is 5.28. The number of guanidine groups is 1. The second-order valence-corrected chi connectivity index (χ2v) is 7.70. The minimum atomic E-state index is 0. The van der Waals surface area contributed by atoms with Crippen LogP contribution >= 0.6 is 35.6 Å². The minimum Gasteiger partial charge on any atom is -0.381 e. The predicted octanol–water partition coefficient (Wildman–Crippen LogP) is 2.34. The van der Waals surface area contributed by atoms with Crippen molar-refractivity contribution in [2.75, 3.05) is 53.0 Å². The number of rotatable bonds is 4. The van der Waals surface area contributed by atoms with E-state index in [1.54, 1.807) is 0 Å². The molecule has 0 aromatic carbocycles. The zero-order chi connectivity index (χ0) is 18.6. The molecule has 2 aliphatic heterocycles. The Morgan fingerprint density at radius 3 is 2.82 bits per heavy atom. The number of imidazole rings is 1. The van der Waals surface area contributed by atoms with Crippen LogP contribution in [0.25, 0.3) is 5.65 Å². The summed E-state index contributed by atoms with van der Waals surface area (Å²) in [6, 6.07) is 3.78. The number of nitrogens with one attached hydrogen (secondary N) is 1. The standard InChI is InChI=1S/C19H27ClN6O.HI/c1-21-19(22-10-17-13-26-12-16(20)2-3-18(26)23-17)25-7-5-24(6-8-25)11-15-4-9-27-14-15;/h2-3,12-13,15H,4-11,14H2,1H3,(H,21,22);1H. The SMILES string of the molecule is CN=C(NCc1cn2cc(Cl)ccc2n1)N1CCN(CC2CCOC2)CC1.I. The fourth-order valence-electron chi connectivity index (χ4n) is 3.84. The van der Waals surface area contributed by atoms with Crippen LogP contribution in [-0.4, -0.2) is 78.1 Å². The van der Waals surface area contributed by atoms with Crippen LogP contribution in [-0.2, 0) is 11.3 Å². The van der Waals surface area contributed by atoms with Crippen molar-refractivity contribution < 1.29 is 4.74 Å². The molecular formula is C19H28ClIN6O. The minimum absolute atomic E-state index is 0. The van der Waals surface area contributed by atoms with Gasteiger partial charge in [0, 0.05) is 58.8 Å². The number of ether oxygens (including phenoxy) is 1. The quantitative estimate of drug-likeness (QED) is 0.383. The van der Waals surface area contributed by atoms with Crippen LogP contribution in [0.3, 0.4) is 0 Å². The van der Waals surface area contributed by atoms with Gasteiger partial charge in [-0.2, -0.15) is 0 Å². The summed E-state index contributed by atoms with van der Waals surface area (Å²) in [6.07, 6.45) is 5.08. The van der Waals surface area contributed by atoms with Crippen LogP contribution in [0.4, 0.5) is 0 Å². The second kappa shape index (κ2) is 10.1. The number of halogens is 2. The number of nitrogens with zero attached hydrogens (tertiary/aromatic N) is 5. The Balaban J connectivity index is 0.00000225. The first-order chi connectivity index (χ1) is 13.2. The maximum absolute atomic E-state index is 6.04. The normalized spacial score (nSPS) is 21.1. The molecule has 9 heteroatoms. The molecule has 28 heavy (non-hydrogen) atoms. The molecule has 1 atom stereocenters. The molecule has 0 bridgehead atoms. The van der Waals surface area contributed by atoms with Gasteiger partial charge in [0.15, 0.2) is 5.96 Å². The average molecular weight is 519 g/mol. The van der Waals surface area contributed by atoms with Crippen LogP contribution in [0.5, 0.6) is 0 Å². The van der Waals surface area contributed by atoms with Gasteiger partial charge in [-0.1, -0.05) is 11.6 Å². The molecule has 4 heterocycles. The molecular weight excluding hydrogens is 491 g/mol. The molecule has 7 nitrogen and oxygen atoms in total. The molecule has 0 spiro atoms. The number of pyridine rings is 1. The smallest absolute Gasteiger partial charge is 0.194 e. The van der Waals surface area contributed by atoms with Gasteiger partial charge in [-0.15, -0.1) is 24.0 Å². The maximum atomic E-state index is 6.04. The number of aromatic nitrogens is 2. The average Bonchev–Trinajstić information content (AvgIpc) is 3.32. The van der Waals surface area contributed by atoms with Gasteiger partial charge in [0.05, 0.1) is 23.9 Å². The Hall–Kier alpha value is -1.10. The van der Waals surface area contributed by atoms with Crippen LogP contribution in [0.2, 0.25) is 5.02 Å². The molecule has 1 unspecified atom stereocenters. The highest BCUT2D eigenvalue weighted by molar-refractivity contribution is 14.0. The summed E-state index contributed by atoms with van der Waals surface area (Å²) < 4.78 is 7.45. The van der Waals surface area contributed by atoms with Crippen molar-refractivity contribution in [3.63, 3.8) is 0 Å². The summed E-state index contributed by atoms with van der Waals surface area (Å²) in [5.41, 5.74) is 1.87. The number of hydrogen-bond donors (Lipinski definition) is 1. The lowest BCUT2D eigenvalue weighted by molar-refractivity contribution is 0.139. The van der Waals surface area contributed by atoms with E-state index in [0.717, 1.165) is 63.2 Å². The second-order valence-electron chi connectivity index (χ2n) is 7.26. The van der Waals surface area contributed by atoms with E-state index in [1.165, 1.54) is 6.42 Å². The van der Waals surface area contributed by atoms with Gasteiger partial charge in [-0.3, -0.25) is 9.89 Å². The fraction of sp³-hybridized carbons (Fsp3) is 0.579. The summed E-state index contributed by atoms with van der Waals surface area (Å²) in [4.78, 5) is 14.0. The Labute approximate surface area is 188 Å². The number of fused-ring (bicyclic) bond motifs is 1. The summed E-state index contributed by atoms with van der Waals surface area (Å²) in [7, 11) is 1.84. The van der Waals surface area contributed by atoms with Gasteiger partial charge in [0.2, 0.25) is 0 Å². The van der Waals surface area contributed by atoms with E-state index in [0.29, 0.717) is 17.5 Å². The molecule has 0 amide bonds. The van der Waals surface area contributed by atoms with Crippen molar-refractivity contribution in [2.24, 2.45) is 10.9 Å². The van der Waals surface area contributed by atoms with Crippen molar-refractivity contribution in [1.29, 1.82) is 0 Å². The largest absolute Gasteiger partial charge is 0.381 e. The van der Waals surface area contributed by atoms with Gasteiger partial charge in [0.25, 0.3) is 0 Å². The Morgan fingerprint density at radius 2 is 2.11 bits per heavy atom. The molecule has 2 saturated heterocycles. The molecule has 4 rings (SSSR count). The molecule has 1 N–H and O–H groups in total. The van der Waals surface area contributed by atoms with E-state index in [4.69, 9.17) is 16.3 Å². The van der Waals surface area contributed by atoms with Crippen molar-refractivity contribution in [1.82, 2.24) is 24.5 Å². The van der Waals surface area contributed by atoms with Crippen molar-refractivity contribution in [2.45, 2.75) is 13.0 Å². The van der Waals surface area contributed by atoms with E-state index < -0.39 is 0 Å². The summed E-state index contributed by atoms with van der Waals surface area (Å²) >= 11 is 6.04. The van der Waals surface area contributed by atoms with Gasteiger partial charge in [-0.25, -0.2) is 4.98 Å². The van der Waals surface area contributed by atoms with Crippen LogP contribution in [0.1, 0.15) is 12.1 Å². The molecule has 154 valence electrons. The van der Waals surface area contributed by atoms with Crippen LogP contribution in [0.15, 0.2) is 29.5 Å². The first kappa shape index (κ1) is 21.6. The summed E-state index contributed by atoms with van der Waals surface area (Å²) in [5, 5.41) is 4.15. The molecule has 2 aromatic heterocycles. The van der Waals surface area contributed by atoms with Crippen molar-refractivity contribution >= 4 is 47.2 Å². The highest BCUT2D eigenvalue weighted by atomic mass is 127. The zero-order valence-corrected chi connectivity index (χ0v) is 19.3. The van der Waals surface area contributed by atoms with Crippen LogP contribution in [0, 0.1) is 5.92 Å². The van der Waals surface area contributed by atoms with Gasteiger partial charge < -0.3 is 19.4 Å². The number of aliphatic imine (C=N–C) groups is 1. The highest BCUT2D eigenvalue weighted by Gasteiger charge is 2.24. The first-order valence-corrected chi connectivity index (χ1v) is 9.98. The van der Waals surface area contributed by atoms with E-state index in [-0.39, 0.29) is 24.0 Å². The van der Waals surface area contributed by atoms with Crippen molar-refractivity contribution in [3.05, 3.63) is 35.2 Å². The lowest BCUT2D eigenvalue weighted by atomic mass is 10.1. The van der Waals surface area contributed by atoms with Crippen LogP contribution < -0.4 is 5.32 Å². The monoisotopic (exact) mass is 518 g/mol. The molecule has 2 fully saturated rings. The topological polar surface area (TPSA) is 57.4 Å². The third-order valence-electron chi connectivity index (χ3n) is 5.32. The molecule has 0 saturated carbocycles. The third-order valence-corrected chi connectivity index (χ3v) is 5.54. The van der Waals surface area contributed by atoms with Gasteiger partial charge in [-0.05, 0) is 24.5 Å². The highest BCUT2D eigenvalue weighted by Crippen LogP contribution is 2.15. The summed E-state index contributed by atoms with van der Waals surface area (Å²) in [6.45, 7) is 7.79. The number of piperazine rings is 1. The van der Waals surface area contributed by atoms with E-state index >= 15 is 0 Å². The Kier molecular flexibility index (Phi) is 7.78.